The summed E-state index contributed by atoms with van der Waals surface area (Å²) < 4.78 is 0.362. The van der Waals surface area contributed by atoms with E-state index in [1.54, 1.807) is 6.92 Å². The van der Waals surface area contributed by atoms with E-state index in [1.165, 1.54) is 0 Å². The van der Waals surface area contributed by atoms with Crippen LogP contribution in [-0.4, -0.2) is 0 Å². The molecule has 0 heterocycles. The van der Waals surface area contributed by atoms with Crippen LogP contribution in [-0.2, 0) is 0 Å². The molecule has 0 atom stereocenters. The third-order valence-electron chi connectivity index (χ3n) is 2.14. The molecule has 0 spiro atoms. The molecular weight excluding hydrogens is 315 g/mol. The van der Waals surface area contributed by atoms with Gasteiger partial charge in [0.1, 0.15) is 24.3 Å². The molecule has 4 nitrogen and oxygen atoms in total. The van der Waals surface area contributed by atoms with Gasteiger partial charge >= 0.3 is 0 Å². The largest absolute Gasteiger partial charge is 0.192 e. The Morgan fingerprint density at radius 2 is 1.06 bits per heavy atom. The normalized spacial score (nSPS) is 8.38. The number of halogens is 1. The zero-order chi connectivity index (χ0) is 12.3. The Morgan fingerprint density at radius 1 is 0.750 bits per heavy atom. The van der Waals surface area contributed by atoms with E-state index in [2.05, 4.69) is 0 Å². The smallest absolute Gasteiger partial charge is 0.102 e. The summed E-state index contributed by atoms with van der Waals surface area (Å²) in [6, 6.07) is 7.57. The minimum atomic E-state index is 0.163. The molecule has 0 aliphatic heterocycles. The lowest BCUT2D eigenvalue weighted by molar-refractivity contribution is 1.28. The molecular formula is C11H3IN4. The average Bonchev–Trinajstić information content (AvgIpc) is 2.30. The molecule has 0 saturated heterocycles. The van der Waals surface area contributed by atoms with Crippen molar-refractivity contribution in [3.63, 3.8) is 0 Å². The van der Waals surface area contributed by atoms with E-state index >= 15 is 0 Å². The quantitative estimate of drug-likeness (QED) is 0.684. The maximum Gasteiger partial charge on any atom is 0.102 e. The SMILES string of the molecule is Cc1c(C#N)c(C#N)c(I)c(C#N)c1C#N. The first-order chi connectivity index (χ1) is 7.62. The zero-order valence-electron chi connectivity index (χ0n) is 8.17. The minimum absolute atomic E-state index is 0.163. The summed E-state index contributed by atoms with van der Waals surface area (Å²) in [4.78, 5) is 0. The molecule has 1 rings (SSSR count). The Morgan fingerprint density at radius 3 is 1.31 bits per heavy atom. The van der Waals surface area contributed by atoms with Crippen LogP contribution in [0.15, 0.2) is 0 Å². The van der Waals surface area contributed by atoms with Gasteiger partial charge in [-0.05, 0) is 35.1 Å². The highest BCUT2D eigenvalue weighted by molar-refractivity contribution is 14.1. The van der Waals surface area contributed by atoms with E-state index in [0.717, 1.165) is 0 Å². The van der Waals surface area contributed by atoms with Gasteiger partial charge in [0.25, 0.3) is 0 Å². The van der Waals surface area contributed by atoms with Crippen LogP contribution in [0.5, 0.6) is 0 Å². The lowest BCUT2D eigenvalue weighted by Crippen LogP contribution is -2.01. The van der Waals surface area contributed by atoms with Crippen molar-refractivity contribution in [3.8, 4) is 24.3 Å². The third-order valence-corrected chi connectivity index (χ3v) is 3.21. The van der Waals surface area contributed by atoms with Gasteiger partial charge in [-0.3, -0.25) is 0 Å². The van der Waals surface area contributed by atoms with E-state index in [9.17, 15) is 0 Å². The van der Waals surface area contributed by atoms with Crippen molar-refractivity contribution in [1.82, 2.24) is 0 Å². The second kappa shape index (κ2) is 4.62. The van der Waals surface area contributed by atoms with Gasteiger partial charge in [-0.15, -0.1) is 0 Å². The molecule has 0 aliphatic carbocycles. The van der Waals surface area contributed by atoms with E-state index in [0.29, 0.717) is 9.13 Å². The maximum absolute atomic E-state index is 8.94. The van der Waals surface area contributed by atoms with Crippen LogP contribution < -0.4 is 0 Å². The van der Waals surface area contributed by atoms with E-state index in [4.69, 9.17) is 21.0 Å². The van der Waals surface area contributed by atoms with Crippen LogP contribution in [0.25, 0.3) is 0 Å². The average molecular weight is 318 g/mol. The first-order valence-corrected chi connectivity index (χ1v) is 5.16. The second-order valence-corrected chi connectivity index (χ2v) is 3.96. The number of hydrogen-bond donors (Lipinski definition) is 0. The molecule has 16 heavy (non-hydrogen) atoms. The summed E-state index contributed by atoms with van der Waals surface area (Å²) in [6.07, 6.45) is 0. The van der Waals surface area contributed by atoms with Gasteiger partial charge in [0.2, 0.25) is 0 Å². The predicted octanol–water partition coefficient (Wildman–Crippen LogP) is 2.09. The molecule has 0 radical (unpaired) electrons. The van der Waals surface area contributed by atoms with Gasteiger partial charge in [-0.1, -0.05) is 0 Å². The van der Waals surface area contributed by atoms with Crippen molar-refractivity contribution in [2.75, 3.05) is 0 Å². The molecule has 0 saturated carbocycles. The molecule has 0 fully saturated rings. The summed E-state index contributed by atoms with van der Waals surface area (Å²) >= 11 is 1.81. The van der Waals surface area contributed by atoms with Gasteiger partial charge in [0, 0.05) is 0 Å². The van der Waals surface area contributed by atoms with E-state index in [-0.39, 0.29) is 22.3 Å². The number of rotatable bonds is 0. The lowest BCUT2D eigenvalue weighted by Gasteiger charge is -2.07. The molecule has 0 aliphatic rings. The summed E-state index contributed by atoms with van der Waals surface area (Å²) in [5, 5.41) is 35.8. The van der Waals surface area contributed by atoms with Gasteiger partial charge in [-0.25, -0.2) is 0 Å². The topological polar surface area (TPSA) is 95.2 Å². The number of hydrogen-bond acceptors (Lipinski definition) is 4. The molecule has 0 bridgehead atoms. The highest BCUT2D eigenvalue weighted by Crippen LogP contribution is 2.27. The summed E-state index contributed by atoms with van der Waals surface area (Å²) in [5.74, 6) is 0. The second-order valence-electron chi connectivity index (χ2n) is 2.89. The Bertz CT molecular complexity index is 522. The van der Waals surface area contributed by atoms with Crippen molar-refractivity contribution in [2.45, 2.75) is 6.92 Å². The fourth-order valence-electron chi connectivity index (χ4n) is 1.33. The van der Waals surface area contributed by atoms with Crippen LogP contribution in [0, 0.1) is 55.8 Å². The Kier molecular flexibility index (Phi) is 3.46. The third kappa shape index (κ3) is 1.58. The van der Waals surface area contributed by atoms with Crippen molar-refractivity contribution in [3.05, 3.63) is 31.4 Å². The minimum Gasteiger partial charge on any atom is -0.192 e. The highest BCUT2D eigenvalue weighted by atomic mass is 127. The first-order valence-electron chi connectivity index (χ1n) is 4.08. The Balaban J connectivity index is 3.98. The van der Waals surface area contributed by atoms with Crippen molar-refractivity contribution >= 4 is 22.6 Å². The molecule has 74 valence electrons. The zero-order valence-corrected chi connectivity index (χ0v) is 10.3. The van der Waals surface area contributed by atoms with Crippen LogP contribution in [0.2, 0.25) is 0 Å². The number of benzene rings is 1. The monoisotopic (exact) mass is 318 g/mol. The number of nitriles is 4. The van der Waals surface area contributed by atoms with Crippen LogP contribution in [0.1, 0.15) is 27.8 Å². The predicted molar refractivity (Wildman–Crippen MR) is 62.8 cm³/mol. The Hall–Kier alpha value is -2.09. The summed E-state index contributed by atoms with van der Waals surface area (Å²) in [7, 11) is 0. The first kappa shape index (κ1) is 12.0. The van der Waals surface area contributed by atoms with Crippen LogP contribution >= 0.6 is 22.6 Å². The van der Waals surface area contributed by atoms with E-state index < -0.39 is 0 Å². The molecule has 1 aromatic rings. The van der Waals surface area contributed by atoms with E-state index in [1.807, 2.05) is 46.9 Å². The molecule has 5 heteroatoms. The van der Waals surface area contributed by atoms with Crippen molar-refractivity contribution in [2.24, 2.45) is 0 Å². The van der Waals surface area contributed by atoms with Crippen molar-refractivity contribution in [1.29, 1.82) is 21.0 Å². The maximum atomic E-state index is 8.94. The standard InChI is InChI=1S/C11H3IN4/c1-6-7(2-13)9(4-15)11(12)10(5-16)8(6)3-14/h1H3. The van der Waals surface area contributed by atoms with Gasteiger partial charge < -0.3 is 0 Å². The molecule has 0 N–H and O–H groups in total. The van der Waals surface area contributed by atoms with Gasteiger partial charge in [-0.2, -0.15) is 21.0 Å². The summed E-state index contributed by atoms with van der Waals surface area (Å²) in [5.41, 5.74) is 1.05. The van der Waals surface area contributed by atoms with Gasteiger partial charge in [0.15, 0.2) is 0 Å². The fraction of sp³-hybridized carbons (Fsp3) is 0.0909. The van der Waals surface area contributed by atoms with Crippen LogP contribution in [0.4, 0.5) is 0 Å². The van der Waals surface area contributed by atoms with Crippen molar-refractivity contribution < 1.29 is 0 Å². The van der Waals surface area contributed by atoms with Crippen LogP contribution in [0.3, 0.4) is 0 Å². The lowest BCUT2D eigenvalue weighted by atomic mass is 9.94. The highest BCUT2D eigenvalue weighted by Gasteiger charge is 2.20. The molecule has 0 unspecified atom stereocenters. The fourth-order valence-corrected chi connectivity index (χ4v) is 2.11. The molecule has 1 aromatic carbocycles. The molecule has 0 aromatic heterocycles. The molecule has 0 amide bonds. The number of nitrogens with zero attached hydrogens (tertiary/aromatic N) is 4. The summed E-state index contributed by atoms with van der Waals surface area (Å²) in [6.45, 7) is 1.56. The van der Waals surface area contributed by atoms with Gasteiger partial charge in [0.05, 0.1) is 25.8 Å². The Labute approximate surface area is 106 Å².